The van der Waals surface area contributed by atoms with Crippen molar-refractivity contribution < 1.29 is 19.1 Å². The topological polar surface area (TPSA) is 67.9 Å². The molecule has 0 bridgehead atoms. The number of hydrogen-bond donors (Lipinski definition) is 1. The van der Waals surface area contributed by atoms with Crippen LogP contribution in [0.2, 0.25) is 5.02 Å². The Morgan fingerprint density at radius 2 is 1.62 bits per heavy atom. The highest BCUT2D eigenvalue weighted by molar-refractivity contribution is 8.04. The smallest absolute Gasteiger partial charge is 0.283 e. The predicted octanol–water partition coefficient (Wildman–Crippen LogP) is 5.96. The Morgan fingerprint density at radius 1 is 0.882 bits per heavy atom. The van der Waals surface area contributed by atoms with Crippen molar-refractivity contribution in [1.29, 1.82) is 0 Å². The summed E-state index contributed by atoms with van der Waals surface area (Å²) in [5.74, 6) is 0.247. The summed E-state index contributed by atoms with van der Waals surface area (Å²) in [4.78, 5) is 29.6. The lowest BCUT2D eigenvalue weighted by Gasteiger charge is -2.18. The summed E-state index contributed by atoms with van der Waals surface area (Å²) >= 11 is 7.23. The molecule has 0 fully saturated rings. The maximum atomic E-state index is 13.7. The Hall–Kier alpha value is -3.42. The Labute approximate surface area is 207 Å². The average Bonchev–Trinajstić information content (AvgIpc) is 3.05. The zero-order chi connectivity index (χ0) is 24.4. The third-order valence-corrected chi connectivity index (χ3v) is 6.69. The quantitative estimate of drug-likeness (QED) is 0.408. The van der Waals surface area contributed by atoms with Gasteiger partial charge >= 0.3 is 0 Å². The van der Waals surface area contributed by atoms with E-state index in [2.05, 4.69) is 5.32 Å². The van der Waals surface area contributed by atoms with Gasteiger partial charge in [0.25, 0.3) is 11.8 Å². The highest BCUT2D eigenvalue weighted by Gasteiger charge is 2.41. The van der Waals surface area contributed by atoms with Gasteiger partial charge in [-0.25, -0.2) is 4.90 Å². The molecule has 0 aromatic heterocycles. The van der Waals surface area contributed by atoms with Crippen LogP contribution >= 0.6 is 23.4 Å². The zero-order valence-corrected chi connectivity index (χ0v) is 20.7. The van der Waals surface area contributed by atoms with Crippen LogP contribution in [0.1, 0.15) is 11.1 Å². The second kappa shape index (κ2) is 9.83. The molecule has 3 aromatic carbocycles. The van der Waals surface area contributed by atoms with Crippen molar-refractivity contribution in [2.24, 2.45) is 0 Å². The number of carbonyl (C=O) groups excluding carboxylic acids is 2. The van der Waals surface area contributed by atoms with Gasteiger partial charge in [0.1, 0.15) is 22.1 Å². The number of carbonyl (C=O) groups is 2. The molecule has 4 rings (SSSR count). The fourth-order valence-electron chi connectivity index (χ4n) is 3.56. The van der Waals surface area contributed by atoms with Crippen molar-refractivity contribution in [3.63, 3.8) is 0 Å². The first-order valence-electron chi connectivity index (χ1n) is 10.4. The van der Waals surface area contributed by atoms with Crippen LogP contribution in [0.5, 0.6) is 11.5 Å². The van der Waals surface area contributed by atoms with Crippen LogP contribution in [-0.2, 0) is 9.59 Å². The molecule has 0 saturated heterocycles. The minimum absolute atomic E-state index is 0.164. The van der Waals surface area contributed by atoms with Crippen LogP contribution in [0.3, 0.4) is 0 Å². The molecule has 0 spiro atoms. The Bertz CT molecular complexity index is 1300. The number of benzene rings is 3. The minimum Gasteiger partial charge on any atom is -0.497 e. The molecule has 3 aromatic rings. The summed E-state index contributed by atoms with van der Waals surface area (Å²) in [6, 6.07) is 18.0. The highest BCUT2D eigenvalue weighted by Crippen LogP contribution is 2.40. The summed E-state index contributed by atoms with van der Waals surface area (Å²) in [5, 5.41) is 3.73. The number of halogens is 1. The number of imide groups is 1. The number of nitrogens with one attached hydrogen (secondary N) is 1. The van der Waals surface area contributed by atoms with E-state index in [1.54, 1.807) is 37.4 Å². The number of amides is 2. The second-order valence-electron chi connectivity index (χ2n) is 7.69. The van der Waals surface area contributed by atoms with E-state index in [1.807, 2.05) is 44.2 Å². The summed E-state index contributed by atoms with van der Waals surface area (Å²) in [5.41, 5.74) is 3.00. The molecule has 2 amide bonds. The zero-order valence-electron chi connectivity index (χ0n) is 19.1. The largest absolute Gasteiger partial charge is 0.497 e. The van der Waals surface area contributed by atoms with E-state index in [1.165, 1.54) is 23.8 Å². The molecule has 34 heavy (non-hydrogen) atoms. The molecule has 1 heterocycles. The molecule has 0 unspecified atom stereocenters. The van der Waals surface area contributed by atoms with Crippen LogP contribution in [0.25, 0.3) is 0 Å². The van der Waals surface area contributed by atoms with Crippen LogP contribution in [-0.4, -0.2) is 26.0 Å². The highest BCUT2D eigenvalue weighted by atomic mass is 35.5. The van der Waals surface area contributed by atoms with Gasteiger partial charge < -0.3 is 14.8 Å². The molecule has 0 radical (unpaired) electrons. The van der Waals surface area contributed by atoms with Crippen LogP contribution in [0.4, 0.5) is 11.4 Å². The van der Waals surface area contributed by atoms with Gasteiger partial charge in [0.15, 0.2) is 0 Å². The molecule has 0 atom stereocenters. The van der Waals surface area contributed by atoms with Crippen molar-refractivity contribution in [3.05, 3.63) is 87.4 Å². The van der Waals surface area contributed by atoms with Gasteiger partial charge in [-0.1, -0.05) is 35.5 Å². The third kappa shape index (κ3) is 4.62. The number of methoxy groups -OCH3 is 2. The van der Waals surface area contributed by atoms with Crippen LogP contribution < -0.4 is 19.7 Å². The first-order valence-corrected chi connectivity index (χ1v) is 11.6. The molecular weight excluding hydrogens is 472 g/mol. The number of thioether (sulfide) groups is 1. The number of hydrogen-bond acceptors (Lipinski definition) is 6. The molecule has 0 saturated carbocycles. The first kappa shape index (κ1) is 23.7. The fourth-order valence-corrected chi connectivity index (χ4v) is 4.61. The Balaban J connectivity index is 1.81. The van der Waals surface area contributed by atoms with E-state index >= 15 is 0 Å². The molecule has 1 N–H and O–H groups in total. The van der Waals surface area contributed by atoms with E-state index in [-0.39, 0.29) is 10.6 Å². The van der Waals surface area contributed by atoms with Crippen molar-refractivity contribution >= 4 is 46.6 Å². The minimum atomic E-state index is -0.444. The first-order chi connectivity index (χ1) is 16.3. The lowest BCUT2D eigenvalue weighted by Crippen LogP contribution is -2.33. The number of nitrogens with zero attached hydrogens (tertiary/aromatic N) is 1. The van der Waals surface area contributed by atoms with Gasteiger partial charge in [-0.05, 0) is 67.4 Å². The van der Waals surface area contributed by atoms with Crippen molar-refractivity contribution in [3.8, 4) is 11.5 Å². The molecular formula is C26H23ClN2O4S. The van der Waals surface area contributed by atoms with Gasteiger partial charge in [-0.2, -0.15) is 0 Å². The van der Waals surface area contributed by atoms with E-state index in [0.717, 1.165) is 16.0 Å². The van der Waals surface area contributed by atoms with Crippen molar-refractivity contribution in [2.45, 2.75) is 18.7 Å². The van der Waals surface area contributed by atoms with Gasteiger partial charge in [0, 0.05) is 16.0 Å². The number of anilines is 2. The Morgan fingerprint density at radius 3 is 2.29 bits per heavy atom. The van der Waals surface area contributed by atoms with E-state index in [0.29, 0.717) is 27.9 Å². The SMILES string of the molecule is COc1ccc(OC)c(NC2=C(Sc3ccc(Cl)cc3)C(=O)N(c3cc(C)ccc3C)C2=O)c1. The molecule has 174 valence electrons. The lowest BCUT2D eigenvalue weighted by molar-refractivity contribution is -0.120. The van der Waals surface area contributed by atoms with Gasteiger partial charge in [-0.15, -0.1) is 0 Å². The number of ether oxygens (including phenoxy) is 2. The van der Waals surface area contributed by atoms with Crippen LogP contribution in [0.15, 0.2) is 76.2 Å². The van der Waals surface area contributed by atoms with E-state index < -0.39 is 11.8 Å². The number of aryl methyl sites for hydroxylation is 2. The molecule has 6 nitrogen and oxygen atoms in total. The summed E-state index contributed by atoms with van der Waals surface area (Å²) in [6.45, 7) is 3.79. The maximum absolute atomic E-state index is 13.7. The second-order valence-corrected chi connectivity index (χ2v) is 9.21. The van der Waals surface area contributed by atoms with Crippen LogP contribution in [0, 0.1) is 13.8 Å². The fraction of sp³-hybridized carbons (Fsp3) is 0.154. The molecule has 8 heteroatoms. The maximum Gasteiger partial charge on any atom is 0.283 e. The summed E-state index contributed by atoms with van der Waals surface area (Å²) < 4.78 is 10.8. The molecule has 1 aliphatic heterocycles. The Kier molecular flexibility index (Phi) is 6.86. The van der Waals surface area contributed by atoms with E-state index in [9.17, 15) is 9.59 Å². The van der Waals surface area contributed by atoms with Gasteiger partial charge in [0.05, 0.1) is 25.6 Å². The van der Waals surface area contributed by atoms with Crippen molar-refractivity contribution in [1.82, 2.24) is 0 Å². The summed E-state index contributed by atoms with van der Waals surface area (Å²) in [6.07, 6.45) is 0. The van der Waals surface area contributed by atoms with Gasteiger partial charge in [0.2, 0.25) is 0 Å². The van der Waals surface area contributed by atoms with Crippen molar-refractivity contribution in [2.75, 3.05) is 24.4 Å². The standard InChI is InChI=1S/C26H23ClN2O4S/c1-15-5-6-16(2)21(13-15)29-25(30)23(28-20-14-18(32-3)9-12-22(20)33-4)24(26(29)31)34-19-10-7-17(27)8-11-19/h5-14,28H,1-4H3. The average molecular weight is 495 g/mol. The molecule has 0 aliphatic carbocycles. The molecule has 1 aliphatic rings. The normalized spacial score (nSPS) is 13.5. The number of rotatable bonds is 7. The van der Waals surface area contributed by atoms with Gasteiger partial charge in [-0.3, -0.25) is 9.59 Å². The van der Waals surface area contributed by atoms with E-state index in [4.69, 9.17) is 21.1 Å². The third-order valence-electron chi connectivity index (χ3n) is 5.35. The predicted molar refractivity (Wildman–Crippen MR) is 136 cm³/mol. The summed E-state index contributed by atoms with van der Waals surface area (Å²) in [7, 11) is 3.09. The monoisotopic (exact) mass is 494 g/mol. The lowest BCUT2D eigenvalue weighted by atomic mass is 10.1.